The van der Waals surface area contributed by atoms with E-state index in [0.29, 0.717) is 0 Å². The molecule has 0 spiro atoms. The molecule has 0 saturated carbocycles. The quantitative estimate of drug-likeness (QED) is 0.296. The Kier molecular flexibility index (Phi) is 2.83. The van der Waals surface area contributed by atoms with E-state index in [4.69, 9.17) is 0 Å². The Labute approximate surface area is 133 Å². The molecule has 4 aromatic carbocycles. The Morgan fingerprint density at radius 2 is 1.25 bits per heavy atom. The van der Waals surface area contributed by atoms with Crippen LogP contribution in [0.1, 0.15) is 0 Å². The molecule has 0 heterocycles. The molecule has 0 aliphatic rings. The molecule has 0 nitrogen and oxygen atoms in total. The highest BCUT2D eigenvalue weighted by molar-refractivity contribution is 9.13. The molecule has 0 atom stereocenters. The van der Waals surface area contributed by atoms with E-state index >= 15 is 0 Å². The Bertz CT molecular complexity index is 971. The van der Waals surface area contributed by atoms with Crippen LogP contribution in [-0.2, 0) is 0 Å². The molecule has 4 rings (SSSR count). The standard InChI is InChI=1S/C18H10Br2/c19-16-10-7-12-6-8-14-13-4-2-1-3-11(13)5-9-15(14)17(12)18(16)20/h1-10H. The molecular formula is C18H10Br2. The van der Waals surface area contributed by atoms with E-state index in [2.05, 4.69) is 92.5 Å². The van der Waals surface area contributed by atoms with Gasteiger partial charge < -0.3 is 0 Å². The van der Waals surface area contributed by atoms with Gasteiger partial charge in [0.1, 0.15) is 0 Å². The van der Waals surface area contributed by atoms with Crippen molar-refractivity contribution in [3.63, 3.8) is 0 Å². The highest BCUT2D eigenvalue weighted by Crippen LogP contribution is 2.38. The van der Waals surface area contributed by atoms with Crippen molar-refractivity contribution in [1.82, 2.24) is 0 Å². The van der Waals surface area contributed by atoms with Gasteiger partial charge in [-0.3, -0.25) is 0 Å². The van der Waals surface area contributed by atoms with Gasteiger partial charge >= 0.3 is 0 Å². The zero-order chi connectivity index (χ0) is 13.7. The van der Waals surface area contributed by atoms with Crippen LogP contribution in [0.25, 0.3) is 32.3 Å². The van der Waals surface area contributed by atoms with Crippen LogP contribution in [0, 0.1) is 0 Å². The van der Waals surface area contributed by atoms with Gasteiger partial charge in [-0.05, 0) is 64.9 Å². The largest absolute Gasteiger partial charge is 0.0616 e. The Hall–Kier alpha value is -1.38. The van der Waals surface area contributed by atoms with Crippen LogP contribution in [0.3, 0.4) is 0 Å². The van der Waals surface area contributed by atoms with Crippen LogP contribution in [0.5, 0.6) is 0 Å². The summed E-state index contributed by atoms with van der Waals surface area (Å²) in [5, 5.41) is 7.69. The smallest absolute Gasteiger partial charge is 0.0402 e. The molecule has 0 aliphatic carbocycles. The predicted molar refractivity (Wildman–Crippen MR) is 94.4 cm³/mol. The van der Waals surface area contributed by atoms with Gasteiger partial charge in [-0.1, -0.05) is 54.6 Å². The summed E-state index contributed by atoms with van der Waals surface area (Å²) in [4.78, 5) is 0. The summed E-state index contributed by atoms with van der Waals surface area (Å²) in [6.45, 7) is 0. The predicted octanol–water partition coefficient (Wildman–Crippen LogP) is 6.67. The van der Waals surface area contributed by atoms with E-state index in [1.54, 1.807) is 0 Å². The summed E-state index contributed by atoms with van der Waals surface area (Å²) in [7, 11) is 0. The maximum atomic E-state index is 3.72. The first-order valence-electron chi connectivity index (χ1n) is 6.44. The summed E-state index contributed by atoms with van der Waals surface area (Å²) in [5.74, 6) is 0. The highest BCUT2D eigenvalue weighted by atomic mass is 79.9. The zero-order valence-corrected chi connectivity index (χ0v) is 13.7. The first-order valence-corrected chi connectivity index (χ1v) is 8.02. The van der Waals surface area contributed by atoms with E-state index in [9.17, 15) is 0 Å². The fourth-order valence-electron chi connectivity index (χ4n) is 2.84. The number of halogens is 2. The summed E-state index contributed by atoms with van der Waals surface area (Å²) in [6.07, 6.45) is 0. The zero-order valence-electron chi connectivity index (χ0n) is 10.5. The van der Waals surface area contributed by atoms with Crippen LogP contribution in [-0.4, -0.2) is 0 Å². The van der Waals surface area contributed by atoms with Gasteiger partial charge in [0.15, 0.2) is 0 Å². The fourth-order valence-corrected chi connectivity index (χ4v) is 3.75. The van der Waals surface area contributed by atoms with Crippen molar-refractivity contribution < 1.29 is 0 Å². The van der Waals surface area contributed by atoms with Crippen molar-refractivity contribution in [3.8, 4) is 0 Å². The van der Waals surface area contributed by atoms with E-state index < -0.39 is 0 Å². The van der Waals surface area contributed by atoms with Gasteiger partial charge in [0.2, 0.25) is 0 Å². The third-order valence-corrected chi connectivity index (χ3v) is 5.81. The number of hydrogen-bond acceptors (Lipinski definition) is 0. The second-order valence-corrected chi connectivity index (χ2v) is 6.55. The molecule has 0 bridgehead atoms. The topological polar surface area (TPSA) is 0 Å². The lowest BCUT2D eigenvalue weighted by molar-refractivity contribution is 1.68. The van der Waals surface area contributed by atoms with Gasteiger partial charge in [-0.15, -0.1) is 0 Å². The van der Waals surface area contributed by atoms with Crippen LogP contribution < -0.4 is 0 Å². The van der Waals surface area contributed by atoms with E-state index in [1.165, 1.54) is 32.3 Å². The molecule has 2 heteroatoms. The minimum absolute atomic E-state index is 1.09. The second kappa shape index (κ2) is 4.57. The molecule has 0 amide bonds. The van der Waals surface area contributed by atoms with Crippen LogP contribution >= 0.6 is 31.9 Å². The van der Waals surface area contributed by atoms with Gasteiger partial charge in [0, 0.05) is 14.3 Å². The normalized spacial score (nSPS) is 11.5. The first kappa shape index (κ1) is 12.4. The lowest BCUT2D eigenvalue weighted by atomic mass is 9.97. The van der Waals surface area contributed by atoms with Crippen LogP contribution in [0.4, 0.5) is 0 Å². The lowest BCUT2D eigenvalue weighted by Gasteiger charge is -2.10. The summed E-state index contributed by atoms with van der Waals surface area (Å²) in [5.41, 5.74) is 0. The van der Waals surface area contributed by atoms with E-state index in [0.717, 1.165) is 8.95 Å². The Morgan fingerprint density at radius 1 is 0.550 bits per heavy atom. The maximum Gasteiger partial charge on any atom is 0.0402 e. The Balaban J connectivity index is 2.31. The molecular weight excluding hydrogens is 376 g/mol. The molecule has 20 heavy (non-hydrogen) atoms. The lowest BCUT2D eigenvalue weighted by Crippen LogP contribution is -1.82. The van der Waals surface area contributed by atoms with Crippen molar-refractivity contribution in [1.29, 1.82) is 0 Å². The molecule has 0 aromatic heterocycles. The minimum Gasteiger partial charge on any atom is -0.0616 e. The van der Waals surface area contributed by atoms with E-state index in [1.807, 2.05) is 0 Å². The molecule has 0 aliphatic heterocycles. The SMILES string of the molecule is Brc1ccc2ccc3c4ccccc4ccc3c2c1Br. The fraction of sp³-hybridized carbons (Fsp3) is 0. The van der Waals surface area contributed by atoms with Gasteiger partial charge in [0.05, 0.1) is 0 Å². The average molecular weight is 386 g/mol. The monoisotopic (exact) mass is 384 g/mol. The maximum absolute atomic E-state index is 3.72. The van der Waals surface area contributed by atoms with Crippen molar-refractivity contribution >= 4 is 64.2 Å². The van der Waals surface area contributed by atoms with Crippen LogP contribution in [0.15, 0.2) is 69.6 Å². The van der Waals surface area contributed by atoms with Crippen molar-refractivity contribution in [2.45, 2.75) is 0 Å². The van der Waals surface area contributed by atoms with Gasteiger partial charge in [0.25, 0.3) is 0 Å². The number of benzene rings is 4. The number of fused-ring (bicyclic) bond motifs is 5. The van der Waals surface area contributed by atoms with Crippen LogP contribution in [0.2, 0.25) is 0 Å². The van der Waals surface area contributed by atoms with Crippen molar-refractivity contribution in [2.24, 2.45) is 0 Å². The number of rotatable bonds is 0. The second-order valence-electron chi connectivity index (χ2n) is 4.91. The number of hydrogen-bond donors (Lipinski definition) is 0. The van der Waals surface area contributed by atoms with Gasteiger partial charge in [-0.2, -0.15) is 0 Å². The first-order chi connectivity index (χ1) is 9.75. The highest BCUT2D eigenvalue weighted by Gasteiger charge is 2.08. The summed E-state index contributed by atoms with van der Waals surface area (Å²) in [6, 6.07) is 21.6. The molecule has 0 fully saturated rings. The molecule has 0 radical (unpaired) electrons. The molecule has 96 valence electrons. The summed E-state index contributed by atoms with van der Waals surface area (Å²) < 4.78 is 2.21. The van der Waals surface area contributed by atoms with E-state index in [-0.39, 0.29) is 0 Å². The average Bonchev–Trinajstić information content (AvgIpc) is 2.50. The molecule has 4 aromatic rings. The molecule has 0 unspecified atom stereocenters. The summed E-state index contributed by atoms with van der Waals surface area (Å²) >= 11 is 7.32. The molecule has 0 saturated heterocycles. The Morgan fingerprint density at radius 3 is 2.15 bits per heavy atom. The minimum atomic E-state index is 1.09. The van der Waals surface area contributed by atoms with Gasteiger partial charge in [-0.25, -0.2) is 0 Å². The molecule has 0 N–H and O–H groups in total. The third kappa shape index (κ3) is 1.72. The van der Waals surface area contributed by atoms with Crippen molar-refractivity contribution in [2.75, 3.05) is 0 Å². The van der Waals surface area contributed by atoms with Crippen molar-refractivity contribution in [3.05, 3.63) is 69.6 Å². The third-order valence-electron chi connectivity index (χ3n) is 3.80.